The third-order valence-electron chi connectivity index (χ3n) is 8.49. The van der Waals surface area contributed by atoms with E-state index in [4.69, 9.17) is 14.2 Å². The minimum absolute atomic E-state index is 0.0614. The highest BCUT2D eigenvalue weighted by atomic mass is 16.6. The summed E-state index contributed by atoms with van der Waals surface area (Å²) in [4.78, 5) is 51.7. The Morgan fingerprint density at radius 1 is 1.02 bits per heavy atom. The largest absolute Gasteiger partial charge is 0.497 e. The number of hydrogen-bond acceptors (Lipinski definition) is 8. The molecule has 1 fully saturated rings. The molecule has 45 heavy (non-hydrogen) atoms. The summed E-state index contributed by atoms with van der Waals surface area (Å²) in [6.07, 6.45) is -1.31. The van der Waals surface area contributed by atoms with Gasteiger partial charge in [-0.05, 0) is 42.7 Å². The highest BCUT2D eigenvalue weighted by molar-refractivity contribution is 5.75. The lowest BCUT2D eigenvalue weighted by Gasteiger charge is -2.37. The molecule has 0 bridgehead atoms. The van der Waals surface area contributed by atoms with Crippen LogP contribution in [0, 0.1) is 17.0 Å². The van der Waals surface area contributed by atoms with Crippen molar-refractivity contribution in [2.45, 2.75) is 56.6 Å². The van der Waals surface area contributed by atoms with Crippen LogP contribution in [0.2, 0.25) is 0 Å². The molecule has 234 valence electrons. The molecule has 0 saturated carbocycles. The van der Waals surface area contributed by atoms with Crippen LogP contribution in [-0.2, 0) is 19.9 Å². The van der Waals surface area contributed by atoms with Crippen molar-refractivity contribution in [2.75, 3.05) is 13.7 Å². The van der Waals surface area contributed by atoms with Gasteiger partial charge in [-0.2, -0.15) is 0 Å². The van der Waals surface area contributed by atoms with Crippen molar-refractivity contribution in [1.82, 2.24) is 9.55 Å². The summed E-state index contributed by atoms with van der Waals surface area (Å²) >= 11 is 0. The van der Waals surface area contributed by atoms with Crippen molar-refractivity contribution in [2.24, 2.45) is 0 Å². The van der Waals surface area contributed by atoms with Crippen LogP contribution in [0.4, 0.5) is 0 Å². The molecule has 1 N–H and O–H groups in total. The number of aryl methyl sites for hydroxylation is 1. The minimum Gasteiger partial charge on any atom is -0.497 e. The van der Waals surface area contributed by atoms with Gasteiger partial charge in [-0.15, -0.1) is 0 Å². The lowest BCUT2D eigenvalue weighted by molar-refractivity contribution is -0.577. The molecule has 0 radical (unpaired) electrons. The average Bonchev–Trinajstić information content (AvgIpc) is 3.43. The molecule has 0 amide bonds. The van der Waals surface area contributed by atoms with Gasteiger partial charge in [-0.25, -0.2) is 4.79 Å². The summed E-state index contributed by atoms with van der Waals surface area (Å²) < 4.78 is 19.8. The first-order valence-electron chi connectivity index (χ1n) is 14.6. The van der Waals surface area contributed by atoms with E-state index in [2.05, 4.69) is 4.98 Å². The smallest absolute Gasteiger partial charge is 0.330 e. The number of nitro groups is 1. The number of carbonyl (C=O) groups is 1. The zero-order valence-corrected chi connectivity index (χ0v) is 25.3. The van der Waals surface area contributed by atoms with Gasteiger partial charge in [-0.3, -0.25) is 24.5 Å². The van der Waals surface area contributed by atoms with Crippen LogP contribution in [-0.4, -0.2) is 45.6 Å². The summed E-state index contributed by atoms with van der Waals surface area (Å²) in [5.74, 6) is 0.437. The van der Waals surface area contributed by atoms with Gasteiger partial charge in [0.05, 0.1) is 20.1 Å². The molecular weight excluding hydrogens is 578 g/mol. The number of carbonyl (C=O) groups excluding carboxylic acids is 1. The SMILES string of the molecule is COc1ccc(C(OC[C@H]2O[C@@H](n3cc(C)c(=O)[nH]c3=O)C[C@]2(CCC(C)=O)[N+](=O)[O-])(c2ccccc2)c2ccccc2)cc1. The second-order valence-corrected chi connectivity index (χ2v) is 11.3. The van der Waals surface area contributed by atoms with Gasteiger partial charge in [0.25, 0.3) is 11.1 Å². The van der Waals surface area contributed by atoms with E-state index in [1.807, 2.05) is 84.9 Å². The van der Waals surface area contributed by atoms with Gasteiger partial charge >= 0.3 is 5.69 Å². The van der Waals surface area contributed by atoms with Crippen molar-refractivity contribution >= 4 is 5.78 Å². The maximum absolute atomic E-state index is 12.9. The van der Waals surface area contributed by atoms with E-state index in [9.17, 15) is 24.5 Å². The Morgan fingerprint density at radius 3 is 2.13 bits per heavy atom. The summed E-state index contributed by atoms with van der Waals surface area (Å²) in [7, 11) is 1.58. The molecule has 1 saturated heterocycles. The van der Waals surface area contributed by atoms with Gasteiger partial charge < -0.3 is 19.0 Å². The molecule has 5 rings (SSSR count). The van der Waals surface area contributed by atoms with Crippen molar-refractivity contribution < 1.29 is 23.9 Å². The number of methoxy groups -OCH3 is 1. The first kappa shape index (κ1) is 31.6. The van der Waals surface area contributed by atoms with E-state index in [1.54, 1.807) is 7.11 Å². The first-order valence-corrected chi connectivity index (χ1v) is 14.6. The van der Waals surface area contributed by atoms with Crippen LogP contribution in [0.1, 0.15) is 54.7 Å². The topological polar surface area (TPSA) is 143 Å². The number of nitrogens with one attached hydrogen (secondary N) is 1. The fourth-order valence-corrected chi connectivity index (χ4v) is 6.02. The zero-order chi connectivity index (χ0) is 32.2. The average molecular weight is 614 g/mol. The van der Waals surface area contributed by atoms with Gasteiger partial charge in [0, 0.05) is 29.5 Å². The highest BCUT2D eigenvalue weighted by Gasteiger charge is 2.60. The number of aromatic amines is 1. The number of rotatable bonds is 12. The van der Waals surface area contributed by atoms with Crippen molar-refractivity contribution in [3.63, 3.8) is 0 Å². The maximum Gasteiger partial charge on any atom is 0.330 e. The molecular formula is C34H35N3O8. The molecule has 4 aromatic rings. The van der Waals surface area contributed by atoms with Crippen molar-refractivity contribution in [3.8, 4) is 5.75 Å². The fraction of sp³-hybridized carbons (Fsp3) is 0.324. The van der Waals surface area contributed by atoms with Crippen LogP contribution in [0.15, 0.2) is 101 Å². The summed E-state index contributed by atoms with van der Waals surface area (Å²) in [6, 6.07) is 26.5. The lowest BCUT2D eigenvalue weighted by Crippen LogP contribution is -2.50. The Labute approximate surface area is 259 Å². The number of aromatic nitrogens is 2. The second-order valence-electron chi connectivity index (χ2n) is 11.3. The third-order valence-corrected chi connectivity index (χ3v) is 8.49. The van der Waals surface area contributed by atoms with Gasteiger partial charge in [0.1, 0.15) is 23.4 Å². The molecule has 2 heterocycles. The summed E-state index contributed by atoms with van der Waals surface area (Å²) in [5.41, 5.74) is -1.75. The Morgan fingerprint density at radius 2 is 1.60 bits per heavy atom. The van der Waals surface area contributed by atoms with E-state index in [-0.39, 0.29) is 37.2 Å². The Kier molecular flexibility index (Phi) is 9.12. The minimum atomic E-state index is -1.77. The van der Waals surface area contributed by atoms with E-state index >= 15 is 0 Å². The van der Waals surface area contributed by atoms with Crippen LogP contribution >= 0.6 is 0 Å². The van der Waals surface area contributed by atoms with E-state index in [0.29, 0.717) is 5.75 Å². The number of ether oxygens (including phenoxy) is 3. The maximum atomic E-state index is 12.9. The van der Waals surface area contributed by atoms with Crippen LogP contribution in [0.5, 0.6) is 5.75 Å². The normalized spacial score (nSPS) is 19.7. The molecule has 1 aliphatic heterocycles. The summed E-state index contributed by atoms with van der Waals surface area (Å²) in [6.45, 7) is 2.65. The number of ketones is 1. The number of hydrogen-bond donors (Lipinski definition) is 1. The third kappa shape index (κ3) is 6.09. The van der Waals surface area contributed by atoms with E-state index in [0.717, 1.165) is 21.3 Å². The van der Waals surface area contributed by atoms with Crippen LogP contribution in [0.25, 0.3) is 0 Å². The predicted octanol–water partition coefficient (Wildman–Crippen LogP) is 4.53. The monoisotopic (exact) mass is 613 g/mol. The fourth-order valence-electron chi connectivity index (χ4n) is 6.02. The molecule has 3 atom stereocenters. The standard InChI is InChI=1S/C34H35N3O8/c1-23-21-36(32(40)35-31(23)39)30-20-33(37(41)42,19-18-24(2)38)29(45-30)22-44-34(25-10-6-4-7-11-25,26-12-8-5-9-13-26)27-14-16-28(43-3)17-15-27/h4-17,21,29-30H,18-20,22H2,1-3H3,(H,35,39,40)/t29-,30-,33+/m1/s1. The van der Waals surface area contributed by atoms with Crippen molar-refractivity contribution in [1.29, 1.82) is 0 Å². The Hall–Kier alpha value is -4.87. The van der Waals surface area contributed by atoms with Crippen LogP contribution in [0.3, 0.4) is 0 Å². The zero-order valence-electron chi connectivity index (χ0n) is 25.3. The van der Waals surface area contributed by atoms with Crippen LogP contribution < -0.4 is 16.0 Å². The number of H-pyrrole nitrogens is 1. The Balaban J connectivity index is 1.64. The predicted molar refractivity (Wildman–Crippen MR) is 166 cm³/mol. The molecule has 1 aliphatic rings. The quantitative estimate of drug-likeness (QED) is 0.139. The lowest BCUT2D eigenvalue weighted by atomic mass is 9.79. The molecule has 0 aliphatic carbocycles. The number of benzene rings is 3. The molecule has 1 aromatic heterocycles. The van der Waals surface area contributed by atoms with Gasteiger partial charge in [0.2, 0.25) is 0 Å². The van der Waals surface area contributed by atoms with Gasteiger partial charge in [-0.1, -0.05) is 72.8 Å². The molecule has 0 unspecified atom stereocenters. The van der Waals surface area contributed by atoms with E-state index in [1.165, 1.54) is 20.0 Å². The Bertz CT molecular complexity index is 1730. The molecule has 11 heteroatoms. The molecule has 0 spiro atoms. The van der Waals surface area contributed by atoms with E-state index < -0.39 is 39.6 Å². The first-order chi connectivity index (χ1) is 21.6. The second kappa shape index (κ2) is 13.0. The number of Topliss-reactive ketones (excluding diaryl/α,β-unsaturated/α-hetero) is 1. The molecule has 11 nitrogen and oxygen atoms in total. The van der Waals surface area contributed by atoms with Crippen molar-refractivity contribution in [3.05, 3.63) is 144 Å². The van der Waals surface area contributed by atoms with Gasteiger partial charge in [0.15, 0.2) is 6.10 Å². The summed E-state index contributed by atoms with van der Waals surface area (Å²) in [5, 5.41) is 12.9. The number of nitrogens with zero attached hydrogens (tertiary/aromatic N) is 2. The molecule has 3 aromatic carbocycles. The highest BCUT2D eigenvalue weighted by Crippen LogP contribution is 2.45.